The first-order chi connectivity index (χ1) is 13.5. The Kier molecular flexibility index (Phi) is 6.79. The molecule has 0 aliphatic heterocycles. The molecule has 3 aromatic carbocycles. The summed E-state index contributed by atoms with van der Waals surface area (Å²) in [4.78, 5) is 12.0. The van der Waals surface area contributed by atoms with E-state index in [0.717, 1.165) is 5.56 Å². The van der Waals surface area contributed by atoms with E-state index < -0.39 is 0 Å². The van der Waals surface area contributed by atoms with Crippen LogP contribution in [0.1, 0.15) is 21.5 Å². The fourth-order valence-electron chi connectivity index (χ4n) is 2.32. The van der Waals surface area contributed by atoms with E-state index in [1.165, 1.54) is 12.3 Å². The van der Waals surface area contributed by atoms with Crippen LogP contribution in [0.3, 0.4) is 0 Å². The van der Waals surface area contributed by atoms with Gasteiger partial charge in [0.2, 0.25) is 0 Å². The van der Waals surface area contributed by atoms with Crippen molar-refractivity contribution in [2.75, 3.05) is 0 Å². The molecule has 0 radical (unpaired) electrons. The van der Waals surface area contributed by atoms with Crippen LogP contribution in [-0.2, 0) is 6.61 Å². The van der Waals surface area contributed by atoms with Crippen LogP contribution < -0.4 is 10.2 Å². The van der Waals surface area contributed by atoms with Crippen LogP contribution in [0.15, 0.2) is 76.3 Å². The predicted octanol–water partition coefficient (Wildman–Crippen LogP) is 5.58. The number of benzene rings is 3. The molecule has 142 valence electrons. The van der Waals surface area contributed by atoms with Gasteiger partial charge in [0.1, 0.15) is 18.2 Å². The number of nitrogens with zero attached hydrogens (tertiary/aromatic N) is 1. The van der Waals surface area contributed by atoms with Gasteiger partial charge in [0, 0.05) is 16.1 Å². The number of nitrogens with one attached hydrogen (secondary N) is 1. The van der Waals surface area contributed by atoms with Gasteiger partial charge in [-0.3, -0.25) is 4.79 Å². The van der Waals surface area contributed by atoms with Gasteiger partial charge >= 0.3 is 0 Å². The number of ether oxygens (including phenoxy) is 1. The molecule has 0 fully saturated rings. The Morgan fingerprint density at radius 1 is 1.14 bits per heavy atom. The lowest BCUT2D eigenvalue weighted by molar-refractivity contribution is 0.0955. The molecule has 0 aliphatic rings. The first-order valence-electron chi connectivity index (χ1n) is 8.27. The van der Waals surface area contributed by atoms with E-state index in [2.05, 4.69) is 26.5 Å². The van der Waals surface area contributed by atoms with Gasteiger partial charge in [0.15, 0.2) is 0 Å². The molecule has 0 unspecified atom stereocenters. The summed E-state index contributed by atoms with van der Waals surface area (Å²) < 4.78 is 20.0. The molecule has 28 heavy (non-hydrogen) atoms. The van der Waals surface area contributed by atoms with Crippen molar-refractivity contribution in [3.63, 3.8) is 0 Å². The lowest BCUT2D eigenvalue weighted by atomic mass is 10.2. The molecule has 0 heterocycles. The zero-order valence-corrected chi connectivity index (χ0v) is 16.9. The lowest BCUT2D eigenvalue weighted by Gasteiger charge is -2.09. The minimum absolute atomic E-state index is 0.121. The first kappa shape index (κ1) is 20.0. The molecule has 0 atom stereocenters. The standard InChI is InChI=1S/C21H15BrClFN2O2/c22-18-11-14(12-25-26-21(27)15-6-8-17(23)9-7-15)5-10-20(18)28-13-16-3-1-2-4-19(16)24/h1-12H,13H2,(H,26,27)/b25-12-. The number of carbonyl (C=O) groups is 1. The summed E-state index contributed by atoms with van der Waals surface area (Å²) in [5.41, 5.74) is 4.14. The Labute approximate surface area is 175 Å². The summed E-state index contributed by atoms with van der Waals surface area (Å²) >= 11 is 9.22. The summed E-state index contributed by atoms with van der Waals surface area (Å²) in [7, 11) is 0. The Balaban J connectivity index is 1.59. The van der Waals surface area contributed by atoms with E-state index in [-0.39, 0.29) is 18.3 Å². The van der Waals surface area contributed by atoms with E-state index in [4.69, 9.17) is 16.3 Å². The van der Waals surface area contributed by atoms with E-state index >= 15 is 0 Å². The zero-order chi connectivity index (χ0) is 19.9. The molecule has 0 spiro atoms. The smallest absolute Gasteiger partial charge is 0.271 e. The molecule has 1 amide bonds. The monoisotopic (exact) mass is 460 g/mol. The molecular weight excluding hydrogens is 447 g/mol. The van der Waals surface area contributed by atoms with Crippen LogP contribution in [0.5, 0.6) is 5.75 Å². The third-order valence-corrected chi connectivity index (χ3v) is 4.65. The van der Waals surface area contributed by atoms with Crippen LogP contribution in [0.4, 0.5) is 4.39 Å². The highest BCUT2D eigenvalue weighted by molar-refractivity contribution is 9.10. The average Bonchev–Trinajstić information content (AvgIpc) is 2.69. The van der Waals surface area contributed by atoms with Crippen molar-refractivity contribution >= 4 is 39.7 Å². The second-order valence-corrected chi connectivity index (χ2v) is 7.07. The number of hydrogen-bond acceptors (Lipinski definition) is 3. The Bertz CT molecular complexity index is 1010. The number of hydrazone groups is 1. The molecular formula is C21H15BrClFN2O2. The van der Waals surface area contributed by atoms with Crippen molar-refractivity contribution in [1.29, 1.82) is 0 Å². The number of amides is 1. The van der Waals surface area contributed by atoms with Crippen molar-refractivity contribution in [2.24, 2.45) is 5.10 Å². The van der Waals surface area contributed by atoms with Crippen molar-refractivity contribution in [1.82, 2.24) is 5.43 Å². The van der Waals surface area contributed by atoms with Crippen molar-refractivity contribution < 1.29 is 13.9 Å². The quantitative estimate of drug-likeness (QED) is 0.385. The fraction of sp³-hybridized carbons (Fsp3) is 0.0476. The number of hydrogen-bond donors (Lipinski definition) is 1. The summed E-state index contributed by atoms with van der Waals surface area (Å²) in [6.07, 6.45) is 1.51. The van der Waals surface area contributed by atoms with Gasteiger partial charge in [-0.1, -0.05) is 29.8 Å². The Morgan fingerprint density at radius 2 is 1.89 bits per heavy atom. The molecule has 0 saturated heterocycles. The number of carbonyl (C=O) groups excluding carboxylic acids is 1. The molecule has 0 saturated carbocycles. The third-order valence-electron chi connectivity index (χ3n) is 3.78. The van der Waals surface area contributed by atoms with Crippen LogP contribution in [0.25, 0.3) is 0 Å². The van der Waals surface area contributed by atoms with Crippen molar-refractivity contribution in [3.8, 4) is 5.75 Å². The van der Waals surface area contributed by atoms with Gasteiger partial charge in [-0.25, -0.2) is 9.82 Å². The highest BCUT2D eigenvalue weighted by Crippen LogP contribution is 2.26. The minimum Gasteiger partial charge on any atom is -0.488 e. The van der Waals surface area contributed by atoms with Gasteiger partial charge in [-0.2, -0.15) is 5.10 Å². The van der Waals surface area contributed by atoms with E-state index in [9.17, 15) is 9.18 Å². The van der Waals surface area contributed by atoms with E-state index in [1.807, 2.05) is 0 Å². The summed E-state index contributed by atoms with van der Waals surface area (Å²) in [5, 5.41) is 4.51. The van der Waals surface area contributed by atoms with Crippen molar-refractivity contribution in [3.05, 3.63) is 98.7 Å². The number of halogens is 3. The third kappa shape index (κ3) is 5.41. The Morgan fingerprint density at radius 3 is 2.61 bits per heavy atom. The zero-order valence-electron chi connectivity index (χ0n) is 14.5. The molecule has 4 nitrogen and oxygen atoms in total. The minimum atomic E-state index is -0.336. The topological polar surface area (TPSA) is 50.7 Å². The maximum atomic E-state index is 13.7. The summed E-state index contributed by atoms with van der Waals surface area (Å²) in [5.74, 6) is -0.0683. The largest absolute Gasteiger partial charge is 0.488 e. The SMILES string of the molecule is O=C(N/N=C\c1ccc(OCc2ccccc2F)c(Br)c1)c1ccc(Cl)cc1. The van der Waals surface area contributed by atoms with Crippen LogP contribution in [0, 0.1) is 5.82 Å². The second kappa shape index (κ2) is 9.48. The molecule has 0 bridgehead atoms. The van der Waals surface area contributed by atoms with Crippen molar-refractivity contribution in [2.45, 2.75) is 6.61 Å². The molecule has 0 aromatic heterocycles. The summed E-state index contributed by atoms with van der Waals surface area (Å²) in [6, 6.07) is 18.3. The highest BCUT2D eigenvalue weighted by atomic mass is 79.9. The maximum absolute atomic E-state index is 13.7. The molecule has 3 aromatic rings. The Hall–Kier alpha value is -2.70. The summed E-state index contributed by atoms with van der Waals surface area (Å²) in [6.45, 7) is 0.121. The first-order valence-corrected chi connectivity index (χ1v) is 9.45. The van der Waals surface area contributed by atoms with Crippen LogP contribution in [-0.4, -0.2) is 12.1 Å². The molecule has 0 aliphatic carbocycles. The number of rotatable bonds is 6. The van der Waals surface area contributed by atoms with Crippen LogP contribution >= 0.6 is 27.5 Å². The molecule has 3 rings (SSSR count). The van der Waals surface area contributed by atoms with E-state index in [0.29, 0.717) is 26.4 Å². The average molecular weight is 462 g/mol. The highest BCUT2D eigenvalue weighted by Gasteiger charge is 2.06. The van der Waals surface area contributed by atoms with Crippen LogP contribution in [0.2, 0.25) is 5.02 Å². The van der Waals surface area contributed by atoms with Gasteiger partial charge < -0.3 is 4.74 Å². The maximum Gasteiger partial charge on any atom is 0.271 e. The second-order valence-electron chi connectivity index (χ2n) is 5.78. The molecule has 7 heteroatoms. The van der Waals surface area contributed by atoms with Gasteiger partial charge in [-0.05, 0) is 70.0 Å². The van der Waals surface area contributed by atoms with Gasteiger partial charge in [0.25, 0.3) is 5.91 Å². The van der Waals surface area contributed by atoms with E-state index in [1.54, 1.807) is 60.7 Å². The van der Waals surface area contributed by atoms with Gasteiger partial charge in [-0.15, -0.1) is 0 Å². The molecule has 1 N–H and O–H groups in total. The van der Waals surface area contributed by atoms with Gasteiger partial charge in [0.05, 0.1) is 10.7 Å². The predicted molar refractivity (Wildman–Crippen MR) is 111 cm³/mol. The lowest BCUT2D eigenvalue weighted by Crippen LogP contribution is -2.17. The normalized spacial score (nSPS) is 10.8. The fourth-order valence-corrected chi connectivity index (χ4v) is 2.95.